The predicted molar refractivity (Wildman–Crippen MR) is 242 cm³/mol. The van der Waals surface area contributed by atoms with Crippen molar-refractivity contribution in [3.05, 3.63) is 60.8 Å². The number of hydrogen-bond acceptors (Lipinski definition) is 8. The Kier molecular flexibility index (Phi) is 33.7. The van der Waals surface area contributed by atoms with Gasteiger partial charge in [-0.2, -0.15) is 0 Å². The van der Waals surface area contributed by atoms with Gasteiger partial charge in [-0.3, -0.25) is 18.6 Å². The Bertz CT molecular complexity index is 1260. The molecule has 59 heavy (non-hydrogen) atoms. The number of rotatable bonds is 40. The molecule has 11 heteroatoms. The highest BCUT2D eigenvalue weighted by Gasteiger charge is 2.35. The van der Waals surface area contributed by atoms with Crippen LogP contribution in [0.3, 0.4) is 0 Å². The molecule has 0 aromatic heterocycles. The minimum absolute atomic E-state index is 0.0150. The van der Waals surface area contributed by atoms with Gasteiger partial charge in [0.2, 0.25) is 0 Å². The second-order valence-electron chi connectivity index (χ2n) is 16.8. The van der Waals surface area contributed by atoms with Crippen LogP contribution in [0.2, 0.25) is 0 Å². The van der Waals surface area contributed by atoms with Crippen LogP contribution in [0.4, 0.5) is 0 Å². The highest BCUT2D eigenvalue weighted by Crippen LogP contribution is 2.43. The predicted octanol–water partition coefficient (Wildman–Crippen LogP) is 12.2. The number of ether oxygens (including phenoxy) is 3. The Hall–Kier alpha value is -2.33. The first-order chi connectivity index (χ1) is 28.5. The Morgan fingerprint density at radius 1 is 0.627 bits per heavy atom. The SMILES string of the molecule is CCCCCCCCCCCCCCCCCC(=O)OCC(COP(=O)(O)OCC[N+](C)(C)C)OC(=O)CC/C=C/C/C=C/C/C=C/C/C=C/C/C=C/CC1OC1CC. The lowest BCUT2D eigenvalue weighted by molar-refractivity contribution is -0.870. The van der Waals surface area contributed by atoms with Crippen molar-refractivity contribution in [1.82, 2.24) is 0 Å². The van der Waals surface area contributed by atoms with Gasteiger partial charge in [-0.15, -0.1) is 0 Å². The normalized spacial score (nSPS) is 17.5. The van der Waals surface area contributed by atoms with E-state index in [2.05, 4.69) is 62.5 Å². The summed E-state index contributed by atoms with van der Waals surface area (Å²) >= 11 is 0. The van der Waals surface area contributed by atoms with E-state index in [9.17, 15) is 19.0 Å². The number of allylic oxidation sites excluding steroid dienone is 9. The molecule has 0 saturated carbocycles. The molecule has 1 N–H and O–H groups in total. The van der Waals surface area contributed by atoms with E-state index >= 15 is 0 Å². The Morgan fingerprint density at radius 3 is 1.61 bits per heavy atom. The average molecular weight is 851 g/mol. The van der Waals surface area contributed by atoms with Crippen molar-refractivity contribution in [2.75, 3.05) is 47.5 Å². The largest absolute Gasteiger partial charge is 0.472 e. The summed E-state index contributed by atoms with van der Waals surface area (Å²) in [6, 6.07) is 0. The van der Waals surface area contributed by atoms with E-state index in [1.54, 1.807) is 0 Å². The van der Waals surface area contributed by atoms with E-state index in [4.69, 9.17) is 23.3 Å². The van der Waals surface area contributed by atoms with E-state index < -0.39 is 26.5 Å². The monoisotopic (exact) mass is 851 g/mol. The van der Waals surface area contributed by atoms with Crippen LogP contribution in [0.15, 0.2) is 60.8 Å². The topological polar surface area (TPSA) is 121 Å². The molecule has 1 saturated heterocycles. The molecular formula is C48H85NO9P+. The van der Waals surface area contributed by atoms with Crippen LogP contribution in [-0.2, 0) is 37.4 Å². The number of likely N-dealkylation sites (N-methyl/N-ethyl adjacent to an activating group) is 1. The zero-order chi connectivity index (χ0) is 43.3. The Labute approximate surface area is 360 Å². The standard InChI is InChI=1S/C48H84NO9P/c1-6-8-9-10-11-12-13-14-16-20-23-26-29-32-35-38-47(50)54-42-44(43-56-59(52,53)55-41-40-49(3,4)5)57-48(51)39-36-33-30-27-24-21-18-15-17-19-22-25-28-31-34-37-46-45(7-2)58-46/h15,17,21-22,24-25,30-31,33-34,44-46H,6-14,16,18-20,23,26-29,32,35-43H2,1-5H3/p+1/b17-15+,24-21+,25-22+,33-30+,34-31+. The number of epoxide rings is 1. The van der Waals surface area contributed by atoms with Gasteiger partial charge in [-0.1, -0.05) is 164 Å². The van der Waals surface area contributed by atoms with E-state index in [1.807, 2.05) is 33.3 Å². The molecule has 0 aliphatic carbocycles. The van der Waals surface area contributed by atoms with E-state index in [0.717, 1.165) is 57.8 Å². The Morgan fingerprint density at radius 2 is 1.12 bits per heavy atom. The van der Waals surface area contributed by atoms with Crippen LogP contribution in [0.1, 0.15) is 168 Å². The quantitative estimate of drug-likeness (QED) is 0.0160. The summed E-state index contributed by atoms with van der Waals surface area (Å²) in [4.78, 5) is 35.4. The smallest absolute Gasteiger partial charge is 0.462 e. The zero-order valence-electron chi connectivity index (χ0n) is 37.9. The lowest BCUT2D eigenvalue weighted by Gasteiger charge is -2.24. The first kappa shape index (κ1) is 54.7. The third kappa shape index (κ3) is 37.2. The molecule has 340 valence electrons. The molecule has 1 fully saturated rings. The number of nitrogens with zero attached hydrogens (tertiary/aromatic N) is 1. The summed E-state index contributed by atoms with van der Waals surface area (Å²) in [5, 5.41) is 0. The molecular weight excluding hydrogens is 765 g/mol. The maximum atomic E-state index is 12.7. The van der Waals surface area contributed by atoms with Gasteiger partial charge in [-0.05, 0) is 51.4 Å². The lowest BCUT2D eigenvalue weighted by atomic mass is 10.0. The van der Waals surface area contributed by atoms with Crippen molar-refractivity contribution in [3.63, 3.8) is 0 Å². The fraction of sp³-hybridized carbons (Fsp3) is 0.750. The number of phosphoric ester groups is 1. The molecule has 0 amide bonds. The van der Waals surface area contributed by atoms with Crippen molar-refractivity contribution in [2.45, 2.75) is 186 Å². The van der Waals surface area contributed by atoms with Gasteiger partial charge in [-0.25, -0.2) is 4.57 Å². The van der Waals surface area contributed by atoms with Crippen LogP contribution in [-0.4, -0.2) is 87.1 Å². The van der Waals surface area contributed by atoms with Gasteiger partial charge in [0.25, 0.3) is 0 Å². The van der Waals surface area contributed by atoms with Crippen molar-refractivity contribution in [2.24, 2.45) is 0 Å². The van der Waals surface area contributed by atoms with Crippen molar-refractivity contribution < 1.29 is 46.8 Å². The highest BCUT2D eigenvalue weighted by atomic mass is 31.2. The molecule has 1 aliphatic rings. The number of hydrogen-bond donors (Lipinski definition) is 1. The average Bonchev–Trinajstić information content (AvgIpc) is 3.96. The highest BCUT2D eigenvalue weighted by molar-refractivity contribution is 7.47. The van der Waals surface area contributed by atoms with Gasteiger partial charge in [0, 0.05) is 12.8 Å². The molecule has 1 rings (SSSR count). The maximum Gasteiger partial charge on any atom is 0.472 e. The van der Waals surface area contributed by atoms with Crippen molar-refractivity contribution in [3.8, 4) is 0 Å². The molecule has 0 spiro atoms. The minimum atomic E-state index is -4.40. The minimum Gasteiger partial charge on any atom is -0.462 e. The van der Waals surface area contributed by atoms with Crippen LogP contribution in [0.5, 0.6) is 0 Å². The Balaban J connectivity index is 2.30. The van der Waals surface area contributed by atoms with Gasteiger partial charge >= 0.3 is 19.8 Å². The number of carbonyl (C=O) groups excluding carboxylic acids is 2. The van der Waals surface area contributed by atoms with Gasteiger partial charge in [0.15, 0.2) is 6.10 Å². The van der Waals surface area contributed by atoms with E-state index in [0.29, 0.717) is 29.7 Å². The first-order valence-electron chi connectivity index (χ1n) is 23.1. The molecule has 0 radical (unpaired) electrons. The second kappa shape index (κ2) is 36.3. The molecule has 0 aromatic rings. The summed E-state index contributed by atoms with van der Waals surface area (Å²) in [5.74, 6) is -0.900. The molecule has 4 atom stereocenters. The van der Waals surface area contributed by atoms with Crippen LogP contribution < -0.4 is 0 Å². The summed E-state index contributed by atoms with van der Waals surface area (Å²) in [6.07, 6.45) is 46.2. The van der Waals surface area contributed by atoms with Crippen LogP contribution >= 0.6 is 7.82 Å². The third-order valence-electron chi connectivity index (χ3n) is 10.0. The molecule has 0 bridgehead atoms. The lowest BCUT2D eigenvalue weighted by Crippen LogP contribution is -2.37. The molecule has 0 aromatic carbocycles. The van der Waals surface area contributed by atoms with Crippen molar-refractivity contribution in [1.29, 1.82) is 0 Å². The fourth-order valence-corrected chi connectivity index (χ4v) is 7.02. The van der Waals surface area contributed by atoms with E-state index in [1.165, 1.54) is 77.0 Å². The number of quaternary nitrogens is 1. The number of esters is 2. The molecule has 4 unspecified atom stereocenters. The van der Waals surface area contributed by atoms with Crippen molar-refractivity contribution >= 4 is 19.8 Å². The molecule has 1 heterocycles. The maximum absolute atomic E-state index is 12.7. The second-order valence-corrected chi connectivity index (χ2v) is 18.3. The van der Waals surface area contributed by atoms with Crippen LogP contribution in [0, 0.1) is 0 Å². The first-order valence-corrected chi connectivity index (χ1v) is 24.6. The number of phosphoric acid groups is 1. The fourth-order valence-electron chi connectivity index (χ4n) is 6.28. The summed E-state index contributed by atoms with van der Waals surface area (Å²) < 4.78 is 39.8. The number of unbranched alkanes of at least 4 members (excludes halogenated alkanes) is 14. The van der Waals surface area contributed by atoms with Gasteiger partial charge in [0.1, 0.15) is 19.8 Å². The summed E-state index contributed by atoms with van der Waals surface area (Å²) in [7, 11) is 1.42. The molecule has 10 nitrogen and oxygen atoms in total. The van der Waals surface area contributed by atoms with E-state index in [-0.39, 0.29) is 32.0 Å². The van der Waals surface area contributed by atoms with Gasteiger partial charge < -0.3 is 23.6 Å². The summed E-state index contributed by atoms with van der Waals surface area (Å²) in [5.41, 5.74) is 0. The number of carbonyl (C=O) groups is 2. The van der Waals surface area contributed by atoms with Gasteiger partial charge in [0.05, 0.1) is 40.0 Å². The molecule has 1 aliphatic heterocycles. The summed E-state index contributed by atoms with van der Waals surface area (Å²) in [6.45, 7) is 4.23. The third-order valence-corrected chi connectivity index (χ3v) is 11.0. The van der Waals surface area contributed by atoms with Crippen LogP contribution in [0.25, 0.3) is 0 Å². The zero-order valence-corrected chi connectivity index (χ0v) is 38.8.